The largest absolute Gasteiger partial charge is 0.379 e. The van der Waals surface area contributed by atoms with E-state index >= 15 is 0 Å². The zero-order valence-electron chi connectivity index (χ0n) is 14.0. The summed E-state index contributed by atoms with van der Waals surface area (Å²) in [6, 6.07) is 5.58. The van der Waals surface area contributed by atoms with Crippen LogP contribution in [0.1, 0.15) is 25.0 Å². The predicted molar refractivity (Wildman–Crippen MR) is 87.2 cm³/mol. The lowest BCUT2D eigenvalue weighted by Gasteiger charge is -2.32. The molecule has 1 aliphatic heterocycles. The third-order valence-corrected chi connectivity index (χ3v) is 3.99. The molecule has 2 aromatic rings. The smallest absolute Gasteiger partial charge is 0.220 e. The third-order valence-electron chi connectivity index (χ3n) is 3.99. The molecule has 1 saturated heterocycles. The molecular weight excluding hydrogens is 324 g/mol. The van der Waals surface area contributed by atoms with Gasteiger partial charge < -0.3 is 14.8 Å². The fourth-order valence-corrected chi connectivity index (χ4v) is 2.69. The first-order valence-electron chi connectivity index (χ1n) is 8.40. The van der Waals surface area contributed by atoms with Crippen LogP contribution in [0.4, 0.5) is 0 Å². The number of nitrogens with zero attached hydrogens (tertiary/aromatic N) is 5. The van der Waals surface area contributed by atoms with E-state index in [0.29, 0.717) is 39.2 Å². The van der Waals surface area contributed by atoms with Crippen LogP contribution in [0, 0.1) is 0 Å². The van der Waals surface area contributed by atoms with Crippen LogP contribution < -0.4 is 5.32 Å². The molecule has 0 aliphatic carbocycles. The molecule has 9 nitrogen and oxygen atoms in total. The van der Waals surface area contributed by atoms with E-state index in [1.54, 1.807) is 10.9 Å². The Bertz CT molecular complexity index is 637. The second-order valence-electron chi connectivity index (χ2n) is 5.88. The number of ether oxygens (including phenoxy) is 2. The van der Waals surface area contributed by atoms with Gasteiger partial charge in [0.05, 0.1) is 31.1 Å². The molecule has 0 saturated carbocycles. The maximum absolute atomic E-state index is 12.2. The number of nitrogens with one attached hydrogen (secondary N) is 1. The van der Waals surface area contributed by atoms with Crippen LogP contribution in [-0.4, -0.2) is 56.5 Å². The van der Waals surface area contributed by atoms with Gasteiger partial charge in [-0.1, -0.05) is 6.07 Å². The lowest BCUT2D eigenvalue weighted by molar-refractivity contribution is -0.126. The molecule has 3 rings (SSSR count). The van der Waals surface area contributed by atoms with Crippen molar-refractivity contribution in [2.45, 2.75) is 44.6 Å². The van der Waals surface area contributed by atoms with Gasteiger partial charge in [0.1, 0.15) is 6.33 Å². The van der Waals surface area contributed by atoms with Crippen molar-refractivity contribution in [3.8, 4) is 0 Å². The Morgan fingerprint density at radius 2 is 2.40 bits per heavy atom. The van der Waals surface area contributed by atoms with Gasteiger partial charge in [0.25, 0.3) is 0 Å². The first-order valence-corrected chi connectivity index (χ1v) is 8.40. The van der Waals surface area contributed by atoms with E-state index in [9.17, 15) is 4.79 Å². The standard InChI is InChI=1S/C16H22N6O3/c23-16(5-3-8-22-12-18-20-21-22)19-14-11-24-9-6-15(14)25-10-13-4-1-2-7-17-13/h1-2,4,7,12,14-15H,3,5-6,8-11H2,(H,19,23)/t14-,15-/m1/s1. The number of tetrazole rings is 1. The van der Waals surface area contributed by atoms with Gasteiger partial charge in [-0.3, -0.25) is 9.78 Å². The minimum atomic E-state index is -0.141. The van der Waals surface area contributed by atoms with Crippen LogP contribution in [0.5, 0.6) is 0 Å². The number of hydrogen-bond acceptors (Lipinski definition) is 7. The van der Waals surface area contributed by atoms with Crippen molar-refractivity contribution in [2.24, 2.45) is 0 Å². The molecule has 0 unspecified atom stereocenters. The topological polar surface area (TPSA) is 104 Å². The maximum Gasteiger partial charge on any atom is 0.220 e. The summed E-state index contributed by atoms with van der Waals surface area (Å²) < 4.78 is 13.1. The van der Waals surface area contributed by atoms with Gasteiger partial charge in [0.2, 0.25) is 5.91 Å². The van der Waals surface area contributed by atoms with Crippen molar-refractivity contribution >= 4 is 5.91 Å². The Morgan fingerprint density at radius 1 is 1.44 bits per heavy atom. The number of carbonyl (C=O) groups excluding carboxylic acids is 1. The van der Waals surface area contributed by atoms with Gasteiger partial charge in [-0.15, -0.1) is 5.10 Å². The molecule has 1 fully saturated rings. The number of amides is 1. The molecule has 2 aromatic heterocycles. The number of aryl methyl sites for hydroxylation is 1. The highest BCUT2D eigenvalue weighted by Crippen LogP contribution is 2.14. The number of aromatic nitrogens is 5. The zero-order chi connectivity index (χ0) is 17.3. The zero-order valence-corrected chi connectivity index (χ0v) is 14.0. The number of rotatable bonds is 8. The van der Waals surface area contributed by atoms with Crippen molar-refractivity contribution in [2.75, 3.05) is 13.2 Å². The predicted octanol–water partition coefficient (Wildman–Crippen LogP) is 0.339. The van der Waals surface area contributed by atoms with Crippen LogP contribution in [0.3, 0.4) is 0 Å². The molecule has 1 amide bonds. The van der Waals surface area contributed by atoms with E-state index < -0.39 is 0 Å². The van der Waals surface area contributed by atoms with Gasteiger partial charge in [-0.2, -0.15) is 0 Å². The molecular formula is C16H22N6O3. The van der Waals surface area contributed by atoms with Gasteiger partial charge in [-0.05, 0) is 35.4 Å². The average Bonchev–Trinajstić information content (AvgIpc) is 3.15. The van der Waals surface area contributed by atoms with Crippen molar-refractivity contribution in [3.05, 3.63) is 36.4 Å². The third kappa shape index (κ3) is 5.57. The van der Waals surface area contributed by atoms with Crippen LogP contribution in [0.15, 0.2) is 30.7 Å². The normalized spacial score (nSPS) is 20.3. The van der Waals surface area contributed by atoms with Gasteiger partial charge in [0.15, 0.2) is 0 Å². The molecule has 3 heterocycles. The summed E-state index contributed by atoms with van der Waals surface area (Å²) in [5.41, 5.74) is 0.875. The fraction of sp³-hybridized carbons (Fsp3) is 0.562. The highest BCUT2D eigenvalue weighted by Gasteiger charge is 2.27. The van der Waals surface area contributed by atoms with Crippen molar-refractivity contribution in [1.29, 1.82) is 0 Å². The first-order chi connectivity index (χ1) is 12.3. The molecule has 134 valence electrons. The van der Waals surface area contributed by atoms with E-state index in [4.69, 9.17) is 9.47 Å². The Hall–Kier alpha value is -2.39. The minimum Gasteiger partial charge on any atom is -0.379 e. The van der Waals surface area contributed by atoms with Crippen molar-refractivity contribution < 1.29 is 14.3 Å². The summed E-state index contributed by atoms with van der Waals surface area (Å²) in [6.45, 7) is 2.14. The summed E-state index contributed by atoms with van der Waals surface area (Å²) in [5, 5.41) is 13.9. The second kappa shape index (κ2) is 9.19. The molecule has 1 aliphatic rings. The summed E-state index contributed by atoms with van der Waals surface area (Å²) in [6.07, 6.45) is 5.04. The SMILES string of the molecule is O=C(CCCn1cnnn1)N[C@@H]1COCC[C@H]1OCc1ccccn1. The van der Waals surface area contributed by atoms with Crippen LogP contribution in [0.2, 0.25) is 0 Å². The molecule has 0 bridgehead atoms. The van der Waals surface area contributed by atoms with Crippen molar-refractivity contribution in [1.82, 2.24) is 30.5 Å². The number of carbonyl (C=O) groups is 1. The molecule has 0 spiro atoms. The lowest BCUT2D eigenvalue weighted by Crippen LogP contribution is -2.50. The quantitative estimate of drug-likeness (QED) is 0.735. The van der Waals surface area contributed by atoms with Crippen LogP contribution in [-0.2, 0) is 27.4 Å². The highest BCUT2D eigenvalue weighted by molar-refractivity contribution is 5.76. The average molecular weight is 346 g/mol. The molecule has 0 radical (unpaired) electrons. The first kappa shape index (κ1) is 17.4. The van der Waals surface area contributed by atoms with Gasteiger partial charge in [0, 0.05) is 25.8 Å². The van der Waals surface area contributed by atoms with E-state index in [1.807, 2.05) is 18.2 Å². The van der Waals surface area contributed by atoms with Crippen molar-refractivity contribution in [3.63, 3.8) is 0 Å². The molecule has 1 N–H and O–H groups in total. The fourth-order valence-electron chi connectivity index (χ4n) is 2.69. The Labute approximate surface area is 145 Å². The molecule has 0 aromatic carbocycles. The number of pyridine rings is 1. The minimum absolute atomic E-state index is 0.0185. The van der Waals surface area contributed by atoms with Crippen LogP contribution >= 0.6 is 0 Å². The monoisotopic (exact) mass is 346 g/mol. The Kier molecular flexibility index (Phi) is 6.41. The Morgan fingerprint density at radius 3 is 3.20 bits per heavy atom. The molecule has 2 atom stereocenters. The summed E-state index contributed by atoms with van der Waals surface area (Å²) in [7, 11) is 0. The van der Waals surface area contributed by atoms with Crippen LogP contribution in [0.25, 0.3) is 0 Å². The molecule has 9 heteroatoms. The number of hydrogen-bond donors (Lipinski definition) is 1. The summed E-state index contributed by atoms with van der Waals surface area (Å²) >= 11 is 0. The summed E-state index contributed by atoms with van der Waals surface area (Å²) in [5.74, 6) is -0.0185. The molecule has 25 heavy (non-hydrogen) atoms. The lowest BCUT2D eigenvalue weighted by atomic mass is 10.1. The summed E-state index contributed by atoms with van der Waals surface area (Å²) in [4.78, 5) is 16.4. The van der Waals surface area contributed by atoms with E-state index in [0.717, 1.165) is 12.1 Å². The second-order valence-corrected chi connectivity index (χ2v) is 5.88. The Balaban J connectivity index is 1.42. The van der Waals surface area contributed by atoms with Gasteiger partial charge >= 0.3 is 0 Å². The van der Waals surface area contributed by atoms with Gasteiger partial charge in [-0.25, -0.2) is 4.68 Å². The highest BCUT2D eigenvalue weighted by atomic mass is 16.5. The van der Waals surface area contributed by atoms with E-state index in [-0.39, 0.29) is 18.1 Å². The van der Waals surface area contributed by atoms with E-state index in [2.05, 4.69) is 25.8 Å². The van der Waals surface area contributed by atoms with E-state index in [1.165, 1.54) is 6.33 Å². The maximum atomic E-state index is 12.2.